The fourth-order valence-corrected chi connectivity index (χ4v) is 2.71. The van der Waals surface area contributed by atoms with Crippen LogP contribution in [0.1, 0.15) is 17.0 Å². The Hall–Kier alpha value is -1.81. The SMILES string of the molecule is Cn1nccc1CNC(=NCc1ccc(Br)cc1)NCCc1ccco1.I. The summed E-state index contributed by atoms with van der Waals surface area (Å²) in [5, 5.41) is 10.9. The summed E-state index contributed by atoms with van der Waals surface area (Å²) in [7, 11) is 1.93. The van der Waals surface area contributed by atoms with Gasteiger partial charge in [0.2, 0.25) is 0 Å². The van der Waals surface area contributed by atoms with Gasteiger partial charge in [0.1, 0.15) is 5.76 Å². The van der Waals surface area contributed by atoms with Crippen LogP contribution in [-0.4, -0.2) is 22.3 Å². The number of hydrogen-bond donors (Lipinski definition) is 2. The Morgan fingerprint density at radius 1 is 1.19 bits per heavy atom. The Bertz CT molecular complexity index is 830. The van der Waals surface area contributed by atoms with E-state index in [2.05, 4.69) is 43.8 Å². The van der Waals surface area contributed by atoms with E-state index in [1.165, 1.54) is 0 Å². The van der Waals surface area contributed by atoms with Crippen molar-refractivity contribution in [2.24, 2.45) is 12.0 Å². The van der Waals surface area contributed by atoms with E-state index in [9.17, 15) is 0 Å². The van der Waals surface area contributed by atoms with Gasteiger partial charge in [-0.05, 0) is 35.9 Å². The van der Waals surface area contributed by atoms with Crippen LogP contribution in [0.5, 0.6) is 0 Å². The van der Waals surface area contributed by atoms with E-state index in [1.54, 1.807) is 12.5 Å². The summed E-state index contributed by atoms with van der Waals surface area (Å²) in [5.41, 5.74) is 2.25. The Balaban J connectivity index is 0.00000261. The molecule has 0 spiro atoms. The van der Waals surface area contributed by atoms with Gasteiger partial charge in [-0.3, -0.25) is 4.68 Å². The fourth-order valence-electron chi connectivity index (χ4n) is 2.44. The normalized spacial score (nSPS) is 11.1. The molecule has 0 bridgehead atoms. The zero-order chi connectivity index (χ0) is 18.2. The molecule has 0 saturated carbocycles. The summed E-state index contributed by atoms with van der Waals surface area (Å²) in [6, 6.07) is 14.0. The highest BCUT2D eigenvalue weighted by Gasteiger charge is 2.03. The van der Waals surface area contributed by atoms with Crippen LogP contribution in [0.15, 0.2) is 68.8 Å². The third-order valence-electron chi connectivity index (χ3n) is 3.94. The molecule has 8 heteroatoms. The highest BCUT2D eigenvalue weighted by atomic mass is 127. The molecule has 6 nitrogen and oxygen atoms in total. The minimum absolute atomic E-state index is 0. The molecule has 0 aliphatic rings. The van der Waals surface area contributed by atoms with Crippen LogP contribution in [0.2, 0.25) is 0 Å². The lowest BCUT2D eigenvalue weighted by Crippen LogP contribution is -2.38. The molecule has 3 rings (SSSR count). The molecule has 0 aliphatic heterocycles. The molecule has 0 amide bonds. The fraction of sp³-hybridized carbons (Fsp3) is 0.263. The van der Waals surface area contributed by atoms with Gasteiger partial charge in [-0.15, -0.1) is 24.0 Å². The smallest absolute Gasteiger partial charge is 0.191 e. The molecule has 144 valence electrons. The first-order valence-electron chi connectivity index (χ1n) is 8.46. The van der Waals surface area contributed by atoms with E-state index in [4.69, 9.17) is 9.41 Å². The van der Waals surface area contributed by atoms with Gasteiger partial charge in [0.25, 0.3) is 0 Å². The van der Waals surface area contributed by atoms with Gasteiger partial charge in [-0.2, -0.15) is 5.10 Å². The second-order valence-electron chi connectivity index (χ2n) is 5.85. The van der Waals surface area contributed by atoms with E-state index in [1.807, 2.05) is 42.1 Å². The number of aliphatic imine (C=N–C) groups is 1. The number of aromatic nitrogens is 2. The number of guanidine groups is 1. The summed E-state index contributed by atoms with van der Waals surface area (Å²) < 4.78 is 8.29. The third-order valence-corrected chi connectivity index (χ3v) is 4.47. The predicted octanol–water partition coefficient (Wildman–Crippen LogP) is 3.87. The largest absolute Gasteiger partial charge is 0.469 e. The molecule has 2 heterocycles. The number of furan rings is 1. The zero-order valence-corrected chi connectivity index (χ0v) is 19.0. The predicted molar refractivity (Wildman–Crippen MR) is 121 cm³/mol. The molecule has 2 aromatic heterocycles. The first-order chi connectivity index (χ1) is 12.7. The molecule has 27 heavy (non-hydrogen) atoms. The van der Waals surface area contributed by atoms with Crippen molar-refractivity contribution in [2.75, 3.05) is 6.54 Å². The molecule has 0 aliphatic carbocycles. The Kier molecular flexibility index (Phi) is 8.86. The third kappa shape index (κ3) is 7.02. The average molecular weight is 544 g/mol. The van der Waals surface area contributed by atoms with E-state index in [0.717, 1.165) is 40.4 Å². The molecule has 0 saturated heterocycles. The van der Waals surface area contributed by atoms with Crippen LogP contribution in [0.4, 0.5) is 0 Å². The number of hydrogen-bond acceptors (Lipinski definition) is 3. The Morgan fingerprint density at radius 3 is 2.67 bits per heavy atom. The second-order valence-corrected chi connectivity index (χ2v) is 6.76. The standard InChI is InChI=1S/C19H22BrN5O.HI/c1-25-17(8-11-24-25)14-23-19(21-10-9-18-3-2-12-26-18)22-13-15-4-6-16(20)7-5-15;/h2-8,11-12H,9-10,13-14H2,1H3,(H2,21,22,23);1H. The number of halogens is 2. The van der Waals surface area contributed by atoms with Gasteiger partial charge in [0, 0.05) is 30.7 Å². The summed E-state index contributed by atoms with van der Waals surface area (Å²) in [6.45, 7) is 2.00. The van der Waals surface area contributed by atoms with E-state index < -0.39 is 0 Å². The van der Waals surface area contributed by atoms with Crippen molar-refractivity contribution in [1.29, 1.82) is 0 Å². The van der Waals surface area contributed by atoms with Gasteiger partial charge >= 0.3 is 0 Å². The van der Waals surface area contributed by atoms with Crippen molar-refractivity contribution >= 4 is 45.9 Å². The van der Waals surface area contributed by atoms with Crippen LogP contribution in [-0.2, 0) is 26.6 Å². The maximum atomic E-state index is 5.37. The second kappa shape index (κ2) is 11.1. The minimum Gasteiger partial charge on any atom is -0.469 e. The first-order valence-corrected chi connectivity index (χ1v) is 9.26. The monoisotopic (exact) mass is 543 g/mol. The molecule has 0 unspecified atom stereocenters. The van der Waals surface area contributed by atoms with Crippen molar-refractivity contribution in [3.63, 3.8) is 0 Å². The highest BCUT2D eigenvalue weighted by Crippen LogP contribution is 2.11. The van der Waals surface area contributed by atoms with Gasteiger partial charge < -0.3 is 15.1 Å². The summed E-state index contributed by atoms with van der Waals surface area (Å²) in [4.78, 5) is 4.69. The molecule has 0 radical (unpaired) electrons. The van der Waals surface area contributed by atoms with E-state index in [0.29, 0.717) is 13.1 Å². The van der Waals surface area contributed by atoms with Gasteiger partial charge in [-0.25, -0.2) is 4.99 Å². The Morgan fingerprint density at radius 2 is 2.00 bits per heavy atom. The van der Waals surface area contributed by atoms with Crippen molar-refractivity contribution in [3.05, 3.63) is 76.4 Å². The van der Waals surface area contributed by atoms with Crippen LogP contribution in [0.3, 0.4) is 0 Å². The van der Waals surface area contributed by atoms with Gasteiger partial charge in [0.05, 0.1) is 25.0 Å². The first kappa shape index (κ1) is 21.5. The molecule has 3 aromatic rings. The number of rotatable bonds is 7. The molecule has 0 atom stereocenters. The number of aryl methyl sites for hydroxylation is 1. The van der Waals surface area contributed by atoms with Crippen LogP contribution >= 0.6 is 39.9 Å². The number of benzene rings is 1. The maximum absolute atomic E-state index is 5.37. The maximum Gasteiger partial charge on any atom is 0.191 e. The average Bonchev–Trinajstić information content (AvgIpc) is 3.30. The quantitative estimate of drug-likeness (QED) is 0.270. The van der Waals surface area contributed by atoms with Crippen molar-refractivity contribution in [2.45, 2.75) is 19.5 Å². The van der Waals surface area contributed by atoms with E-state index >= 15 is 0 Å². The zero-order valence-electron chi connectivity index (χ0n) is 15.1. The topological polar surface area (TPSA) is 67.4 Å². The number of nitrogens with zero attached hydrogens (tertiary/aromatic N) is 3. The summed E-state index contributed by atoms with van der Waals surface area (Å²) in [6.07, 6.45) is 4.29. The van der Waals surface area contributed by atoms with Crippen molar-refractivity contribution in [1.82, 2.24) is 20.4 Å². The summed E-state index contributed by atoms with van der Waals surface area (Å²) >= 11 is 3.45. The molecule has 0 fully saturated rings. The van der Waals surface area contributed by atoms with Crippen LogP contribution in [0, 0.1) is 0 Å². The lowest BCUT2D eigenvalue weighted by molar-refractivity contribution is 0.506. The van der Waals surface area contributed by atoms with Crippen molar-refractivity contribution < 1.29 is 4.42 Å². The highest BCUT2D eigenvalue weighted by molar-refractivity contribution is 14.0. The van der Waals surface area contributed by atoms with Crippen molar-refractivity contribution in [3.8, 4) is 0 Å². The van der Waals surface area contributed by atoms with Gasteiger partial charge in [0.15, 0.2) is 5.96 Å². The number of nitrogens with one attached hydrogen (secondary N) is 2. The van der Waals surface area contributed by atoms with Crippen LogP contribution in [0.25, 0.3) is 0 Å². The Labute approximate surface area is 184 Å². The molecule has 1 aromatic carbocycles. The van der Waals surface area contributed by atoms with E-state index in [-0.39, 0.29) is 24.0 Å². The van der Waals surface area contributed by atoms with Gasteiger partial charge in [-0.1, -0.05) is 28.1 Å². The molecule has 2 N–H and O–H groups in total. The summed E-state index contributed by atoms with van der Waals surface area (Å²) in [5.74, 6) is 1.72. The lowest BCUT2D eigenvalue weighted by Gasteiger charge is -2.12. The minimum atomic E-state index is 0. The molecular weight excluding hydrogens is 521 g/mol. The lowest BCUT2D eigenvalue weighted by atomic mass is 10.2. The molecular formula is C19H23BrIN5O. The van der Waals surface area contributed by atoms with Crippen LogP contribution < -0.4 is 10.6 Å².